The molecule has 2 atom stereocenters. The Kier molecular flexibility index (Phi) is 3.55. The number of hydrogen-bond donors (Lipinski definition) is 1. The summed E-state index contributed by atoms with van der Waals surface area (Å²) in [5.74, 6) is 0.630. The molecule has 5 heteroatoms. The van der Waals surface area contributed by atoms with Crippen molar-refractivity contribution in [1.29, 1.82) is 0 Å². The van der Waals surface area contributed by atoms with Crippen LogP contribution in [0.4, 0.5) is 5.82 Å². The molecule has 3 heterocycles. The molecule has 0 saturated carbocycles. The molecular weight excluding hydrogens is 240 g/mol. The third-order valence-electron chi connectivity index (χ3n) is 4.18. The van der Waals surface area contributed by atoms with Crippen LogP contribution in [0, 0.1) is 0 Å². The monoisotopic (exact) mass is 262 g/mol. The van der Waals surface area contributed by atoms with Crippen molar-refractivity contribution in [3.8, 4) is 0 Å². The first-order valence-electron chi connectivity index (χ1n) is 7.34. The average molecular weight is 262 g/mol. The highest BCUT2D eigenvalue weighted by Crippen LogP contribution is 2.21. The first kappa shape index (κ1) is 12.7. The predicted molar refractivity (Wildman–Crippen MR) is 75.6 cm³/mol. The summed E-state index contributed by atoms with van der Waals surface area (Å²) in [5, 5.41) is 3.63. The number of fused-ring (bicyclic) bond motifs is 2. The summed E-state index contributed by atoms with van der Waals surface area (Å²) in [5.41, 5.74) is 0.0575. The zero-order valence-electron chi connectivity index (χ0n) is 11.5. The normalized spacial score (nSPS) is 26.5. The Bertz CT molecular complexity index is 498. The number of anilines is 1. The number of aromatic nitrogens is 2. The van der Waals surface area contributed by atoms with Crippen LogP contribution in [-0.2, 0) is 6.54 Å². The van der Waals surface area contributed by atoms with Crippen molar-refractivity contribution in [2.24, 2.45) is 0 Å². The molecule has 104 valence electrons. The van der Waals surface area contributed by atoms with E-state index in [4.69, 9.17) is 0 Å². The van der Waals surface area contributed by atoms with Crippen molar-refractivity contribution in [3.63, 3.8) is 0 Å². The second kappa shape index (κ2) is 5.33. The van der Waals surface area contributed by atoms with Crippen molar-refractivity contribution in [2.45, 2.75) is 51.2 Å². The molecular formula is C14H22N4O. The minimum absolute atomic E-state index is 0.0575. The van der Waals surface area contributed by atoms with Gasteiger partial charge in [0.05, 0.1) is 0 Å². The van der Waals surface area contributed by atoms with E-state index in [1.807, 2.05) is 0 Å². The molecule has 19 heavy (non-hydrogen) atoms. The maximum Gasteiger partial charge on any atom is 0.293 e. The summed E-state index contributed by atoms with van der Waals surface area (Å²) in [6.45, 7) is 4.70. The quantitative estimate of drug-likeness (QED) is 0.882. The molecule has 3 rings (SSSR count). The van der Waals surface area contributed by atoms with E-state index in [1.165, 1.54) is 12.8 Å². The Morgan fingerprint density at radius 1 is 1.37 bits per heavy atom. The molecule has 2 aliphatic rings. The highest BCUT2D eigenvalue weighted by molar-refractivity contribution is 5.36. The standard InChI is InChI=1S/C14H22N4O/c1-2-7-17-9-6-15-13(14(17)19)18-8-5-11-3-4-12(10-18)16-11/h6,9,11-12,16H,2-5,7-8,10H2,1H3. The fourth-order valence-electron chi connectivity index (χ4n) is 3.21. The van der Waals surface area contributed by atoms with Crippen molar-refractivity contribution in [1.82, 2.24) is 14.9 Å². The molecule has 0 aliphatic carbocycles. The zero-order chi connectivity index (χ0) is 13.2. The van der Waals surface area contributed by atoms with E-state index in [1.54, 1.807) is 17.0 Å². The predicted octanol–water partition coefficient (Wildman–Crippen LogP) is 0.984. The summed E-state index contributed by atoms with van der Waals surface area (Å²) in [4.78, 5) is 18.9. The van der Waals surface area contributed by atoms with Crippen LogP contribution in [0.2, 0.25) is 0 Å². The maximum atomic E-state index is 12.4. The largest absolute Gasteiger partial charge is 0.350 e. The average Bonchev–Trinajstić information content (AvgIpc) is 2.73. The maximum absolute atomic E-state index is 12.4. The lowest BCUT2D eigenvalue weighted by Crippen LogP contribution is -2.39. The molecule has 2 aliphatic heterocycles. The van der Waals surface area contributed by atoms with Crippen LogP contribution in [0.5, 0.6) is 0 Å². The third kappa shape index (κ3) is 2.52. The Hall–Kier alpha value is -1.36. The van der Waals surface area contributed by atoms with Crippen LogP contribution in [0.25, 0.3) is 0 Å². The van der Waals surface area contributed by atoms with E-state index in [0.717, 1.165) is 32.5 Å². The van der Waals surface area contributed by atoms with Gasteiger partial charge in [-0.1, -0.05) is 6.92 Å². The molecule has 0 amide bonds. The second-order valence-electron chi connectivity index (χ2n) is 5.62. The van der Waals surface area contributed by atoms with Gasteiger partial charge in [0.2, 0.25) is 0 Å². The molecule has 0 spiro atoms. The topological polar surface area (TPSA) is 50.2 Å². The van der Waals surface area contributed by atoms with Crippen LogP contribution in [0.1, 0.15) is 32.6 Å². The number of nitrogens with zero attached hydrogens (tertiary/aromatic N) is 3. The van der Waals surface area contributed by atoms with Crippen LogP contribution >= 0.6 is 0 Å². The van der Waals surface area contributed by atoms with E-state index in [-0.39, 0.29) is 5.56 Å². The lowest BCUT2D eigenvalue weighted by atomic mass is 10.1. The van der Waals surface area contributed by atoms with Crippen LogP contribution in [-0.4, -0.2) is 34.7 Å². The van der Waals surface area contributed by atoms with E-state index in [9.17, 15) is 4.79 Å². The van der Waals surface area contributed by atoms with Gasteiger partial charge in [-0.3, -0.25) is 4.79 Å². The van der Waals surface area contributed by atoms with Crippen LogP contribution in [0.3, 0.4) is 0 Å². The fourth-order valence-corrected chi connectivity index (χ4v) is 3.21. The Balaban J connectivity index is 1.85. The van der Waals surface area contributed by atoms with Gasteiger partial charge in [-0.05, 0) is 25.7 Å². The summed E-state index contributed by atoms with van der Waals surface area (Å²) in [6, 6.07) is 1.16. The summed E-state index contributed by atoms with van der Waals surface area (Å²) >= 11 is 0. The first-order valence-corrected chi connectivity index (χ1v) is 7.34. The minimum atomic E-state index is 0.0575. The second-order valence-corrected chi connectivity index (χ2v) is 5.62. The molecule has 1 N–H and O–H groups in total. The van der Waals surface area contributed by atoms with Gasteiger partial charge in [-0.25, -0.2) is 4.98 Å². The Morgan fingerprint density at radius 2 is 2.21 bits per heavy atom. The number of rotatable bonds is 3. The van der Waals surface area contributed by atoms with E-state index in [0.29, 0.717) is 17.9 Å². The van der Waals surface area contributed by atoms with Gasteiger partial charge in [-0.2, -0.15) is 0 Å². The summed E-state index contributed by atoms with van der Waals surface area (Å²) in [6.07, 6.45) is 8.12. The van der Waals surface area contributed by atoms with Crippen LogP contribution < -0.4 is 15.8 Å². The van der Waals surface area contributed by atoms with Crippen molar-refractivity contribution in [2.75, 3.05) is 18.0 Å². The number of hydrogen-bond acceptors (Lipinski definition) is 4. The number of aryl methyl sites for hydroxylation is 1. The summed E-state index contributed by atoms with van der Waals surface area (Å²) in [7, 11) is 0. The van der Waals surface area contributed by atoms with Crippen molar-refractivity contribution < 1.29 is 0 Å². The molecule has 2 bridgehead atoms. The first-order chi connectivity index (χ1) is 9.28. The third-order valence-corrected chi connectivity index (χ3v) is 4.18. The smallest absolute Gasteiger partial charge is 0.293 e. The lowest BCUT2D eigenvalue weighted by Gasteiger charge is -2.24. The molecule has 2 unspecified atom stereocenters. The number of nitrogens with one attached hydrogen (secondary N) is 1. The highest BCUT2D eigenvalue weighted by atomic mass is 16.1. The van der Waals surface area contributed by atoms with Gasteiger partial charge < -0.3 is 14.8 Å². The highest BCUT2D eigenvalue weighted by Gasteiger charge is 2.30. The molecule has 0 radical (unpaired) electrons. The minimum Gasteiger partial charge on any atom is -0.350 e. The van der Waals surface area contributed by atoms with Crippen molar-refractivity contribution in [3.05, 3.63) is 22.7 Å². The lowest BCUT2D eigenvalue weighted by molar-refractivity contribution is 0.563. The molecule has 2 saturated heterocycles. The molecule has 0 aromatic carbocycles. The molecule has 1 aromatic rings. The Morgan fingerprint density at radius 3 is 3.05 bits per heavy atom. The Labute approximate surface area is 113 Å². The van der Waals surface area contributed by atoms with E-state index < -0.39 is 0 Å². The molecule has 2 fully saturated rings. The SMILES string of the molecule is CCCn1ccnc(N2CCC3CCC(C2)N3)c1=O. The van der Waals surface area contributed by atoms with E-state index in [2.05, 4.69) is 22.1 Å². The van der Waals surface area contributed by atoms with Gasteiger partial charge in [-0.15, -0.1) is 0 Å². The van der Waals surface area contributed by atoms with Gasteiger partial charge in [0, 0.05) is 44.1 Å². The van der Waals surface area contributed by atoms with Gasteiger partial charge in [0.15, 0.2) is 5.82 Å². The van der Waals surface area contributed by atoms with Crippen LogP contribution in [0.15, 0.2) is 17.2 Å². The zero-order valence-corrected chi connectivity index (χ0v) is 11.5. The van der Waals surface area contributed by atoms with Gasteiger partial charge in [0.1, 0.15) is 0 Å². The summed E-state index contributed by atoms with van der Waals surface area (Å²) < 4.78 is 1.78. The van der Waals surface area contributed by atoms with E-state index >= 15 is 0 Å². The fraction of sp³-hybridized carbons (Fsp3) is 0.714. The van der Waals surface area contributed by atoms with Crippen molar-refractivity contribution >= 4 is 5.82 Å². The molecule has 5 nitrogen and oxygen atoms in total. The van der Waals surface area contributed by atoms with Gasteiger partial charge >= 0.3 is 0 Å². The molecule has 1 aromatic heterocycles. The van der Waals surface area contributed by atoms with Gasteiger partial charge in [0.25, 0.3) is 5.56 Å².